The van der Waals surface area contributed by atoms with Crippen LogP contribution in [0.2, 0.25) is 0 Å². The highest BCUT2D eigenvalue weighted by molar-refractivity contribution is 5.14. The molecule has 6 nitrogen and oxygen atoms in total. The maximum absolute atomic E-state index is 10.5. The van der Waals surface area contributed by atoms with Crippen molar-refractivity contribution in [2.45, 2.75) is 43.9 Å². The fourth-order valence-corrected chi connectivity index (χ4v) is 2.88. The Morgan fingerprint density at radius 1 is 0.769 bits per heavy atom. The number of benzene rings is 2. The number of ether oxygens (including phenoxy) is 3. The van der Waals surface area contributed by atoms with E-state index in [2.05, 4.69) is 0 Å². The quantitative estimate of drug-likeness (QED) is 0.688. The summed E-state index contributed by atoms with van der Waals surface area (Å²) in [5.41, 5.74) is 1.90. The van der Waals surface area contributed by atoms with Crippen molar-refractivity contribution in [3.63, 3.8) is 0 Å². The molecule has 0 radical (unpaired) electrons. The minimum absolute atomic E-state index is 0.0744. The van der Waals surface area contributed by atoms with E-state index in [0.29, 0.717) is 6.61 Å². The third kappa shape index (κ3) is 4.88. The molecule has 5 atom stereocenters. The Hall–Kier alpha value is -1.80. The van der Waals surface area contributed by atoms with Crippen LogP contribution < -0.4 is 0 Å². The Morgan fingerprint density at radius 2 is 1.35 bits per heavy atom. The molecule has 5 unspecified atom stereocenters. The van der Waals surface area contributed by atoms with Gasteiger partial charge in [-0.2, -0.15) is 0 Å². The van der Waals surface area contributed by atoms with Gasteiger partial charge in [-0.15, -0.1) is 0 Å². The molecular weight excluding hydrogens is 336 g/mol. The normalized spacial score (nSPS) is 28.8. The topological polar surface area (TPSA) is 88.4 Å². The van der Waals surface area contributed by atoms with Gasteiger partial charge >= 0.3 is 0 Å². The van der Waals surface area contributed by atoms with E-state index in [1.165, 1.54) is 0 Å². The molecule has 6 heteroatoms. The first-order valence-corrected chi connectivity index (χ1v) is 8.62. The molecule has 0 bridgehead atoms. The monoisotopic (exact) mass is 360 g/mol. The third-order valence-electron chi connectivity index (χ3n) is 4.34. The van der Waals surface area contributed by atoms with Gasteiger partial charge in [0.05, 0.1) is 19.8 Å². The average molecular weight is 360 g/mol. The van der Waals surface area contributed by atoms with Crippen molar-refractivity contribution in [1.82, 2.24) is 0 Å². The second-order valence-electron chi connectivity index (χ2n) is 6.31. The first-order valence-electron chi connectivity index (χ1n) is 8.62. The molecule has 2 aromatic rings. The van der Waals surface area contributed by atoms with Crippen molar-refractivity contribution in [2.75, 3.05) is 6.61 Å². The minimum Gasteiger partial charge on any atom is -0.387 e. The van der Waals surface area contributed by atoms with Crippen molar-refractivity contribution in [3.8, 4) is 0 Å². The van der Waals surface area contributed by atoms with Gasteiger partial charge in [0.15, 0.2) is 6.29 Å². The SMILES string of the molecule is OC1OC(COCc2ccccc2)C(O)C(OCc2ccccc2)C1O. The Bertz CT molecular complexity index is 650. The number of aliphatic hydroxyl groups excluding tert-OH is 3. The van der Waals surface area contributed by atoms with Crippen LogP contribution in [-0.2, 0) is 27.4 Å². The molecule has 1 saturated heterocycles. The van der Waals surface area contributed by atoms with Crippen LogP contribution in [-0.4, -0.2) is 52.6 Å². The summed E-state index contributed by atoms with van der Waals surface area (Å²) in [5.74, 6) is 0. The van der Waals surface area contributed by atoms with Crippen molar-refractivity contribution in [2.24, 2.45) is 0 Å². The summed E-state index contributed by atoms with van der Waals surface area (Å²) in [6, 6.07) is 19.0. The summed E-state index contributed by atoms with van der Waals surface area (Å²) in [4.78, 5) is 0. The van der Waals surface area contributed by atoms with Gasteiger partial charge in [0.2, 0.25) is 0 Å². The second-order valence-corrected chi connectivity index (χ2v) is 6.31. The van der Waals surface area contributed by atoms with Crippen LogP contribution >= 0.6 is 0 Å². The van der Waals surface area contributed by atoms with Gasteiger partial charge < -0.3 is 29.5 Å². The van der Waals surface area contributed by atoms with E-state index in [-0.39, 0.29) is 13.2 Å². The van der Waals surface area contributed by atoms with Crippen molar-refractivity contribution in [1.29, 1.82) is 0 Å². The van der Waals surface area contributed by atoms with Gasteiger partial charge in [-0.05, 0) is 11.1 Å². The van der Waals surface area contributed by atoms with Gasteiger partial charge in [0, 0.05) is 0 Å². The summed E-state index contributed by atoms with van der Waals surface area (Å²) in [6.07, 6.45) is -5.65. The van der Waals surface area contributed by atoms with Gasteiger partial charge in [0.1, 0.15) is 24.4 Å². The fraction of sp³-hybridized carbons (Fsp3) is 0.400. The zero-order chi connectivity index (χ0) is 18.4. The Balaban J connectivity index is 1.55. The molecule has 0 spiro atoms. The smallest absolute Gasteiger partial charge is 0.184 e. The molecule has 140 valence electrons. The van der Waals surface area contributed by atoms with Crippen molar-refractivity contribution >= 4 is 0 Å². The molecule has 1 aliphatic rings. The lowest BCUT2D eigenvalue weighted by Crippen LogP contribution is -2.59. The lowest BCUT2D eigenvalue weighted by atomic mass is 9.99. The average Bonchev–Trinajstić information content (AvgIpc) is 2.67. The van der Waals surface area contributed by atoms with Gasteiger partial charge in [-0.1, -0.05) is 60.7 Å². The van der Waals surface area contributed by atoms with E-state index in [0.717, 1.165) is 11.1 Å². The van der Waals surface area contributed by atoms with E-state index in [1.807, 2.05) is 60.7 Å². The number of hydrogen-bond acceptors (Lipinski definition) is 6. The van der Waals surface area contributed by atoms with Crippen LogP contribution in [0.5, 0.6) is 0 Å². The van der Waals surface area contributed by atoms with Crippen LogP contribution in [0.25, 0.3) is 0 Å². The Kier molecular flexibility index (Phi) is 6.73. The molecular formula is C20H24O6. The molecule has 0 amide bonds. The minimum atomic E-state index is -1.44. The Morgan fingerprint density at radius 3 is 1.96 bits per heavy atom. The lowest BCUT2D eigenvalue weighted by molar-refractivity contribution is -0.298. The van der Waals surface area contributed by atoms with Crippen LogP contribution in [0.4, 0.5) is 0 Å². The molecule has 1 fully saturated rings. The number of aliphatic hydroxyl groups is 3. The fourth-order valence-electron chi connectivity index (χ4n) is 2.88. The zero-order valence-corrected chi connectivity index (χ0v) is 14.3. The molecule has 3 rings (SSSR count). The third-order valence-corrected chi connectivity index (χ3v) is 4.34. The molecule has 0 aliphatic carbocycles. The maximum Gasteiger partial charge on any atom is 0.184 e. The van der Waals surface area contributed by atoms with E-state index in [4.69, 9.17) is 14.2 Å². The molecule has 1 aliphatic heterocycles. The summed E-state index contributed by atoms with van der Waals surface area (Å²) < 4.78 is 16.5. The van der Waals surface area contributed by atoms with Gasteiger partial charge in [-0.3, -0.25) is 0 Å². The molecule has 2 aromatic carbocycles. The standard InChI is InChI=1S/C20H24O6/c21-17-16(13-24-11-14-7-3-1-4-8-14)26-20(23)18(22)19(17)25-12-15-9-5-2-6-10-15/h1-10,16-23H,11-13H2. The highest BCUT2D eigenvalue weighted by Crippen LogP contribution is 2.24. The van der Waals surface area contributed by atoms with Crippen LogP contribution in [0.3, 0.4) is 0 Å². The zero-order valence-electron chi connectivity index (χ0n) is 14.3. The number of rotatable bonds is 7. The predicted molar refractivity (Wildman–Crippen MR) is 94.0 cm³/mol. The lowest BCUT2D eigenvalue weighted by Gasteiger charge is -2.40. The first-order chi connectivity index (χ1) is 12.6. The molecule has 0 aromatic heterocycles. The van der Waals surface area contributed by atoms with Gasteiger partial charge in [0.25, 0.3) is 0 Å². The molecule has 1 heterocycles. The highest BCUT2D eigenvalue weighted by Gasteiger charge is 2.44. The number of hydrogen-bond donors (Lipinski definition) is 3. The summed E-state index contributed by atoms with van der Waals surface area (Å²) >= 11 is 0. The summed E-state index contributed by atoms with van der Waals surface area (Å²) in [6.45, 7) is 0.649. The van der Waals surface area contributed by atoms with Crippen molar-refractivity contribution < 1.29 is 29.5 Å². The van der Waals surface area contributed by atoms with E-state index >= 15 is 0 Å². The van der Waals surface area contributed by atoms with Gasteiger partial charge in [-0.25, -0.2) is 0 Å². The van der Waals surface area contributed by atoms with E-state index in [1.54, 1.807) is 0 Å². The second kappa shape index (κ2) is 9.23. The van der Waals surface area contributed by atoms with Crippen LogP contribution in [0.15, 0.2) is 60.7 Å². The molecule has 3 N–H and O–H groups in total. The van der Waals surface area contributed by atoms with E-state index in [9.17, 15) is 15.3 Å². The first kappa shape index (κ1) is 19.0. The largest absolute Gasteiger partial charge is 0.387 e. The van der Waals surface area contributed by atoms with Crippen LogP contribution in [0.1, 0.15) is 11.1 Å². The van der Waals surface area contributed by atoms with Crippen LogP contribution in [0, 0.1) is 0 Å². The summed E-state index contributed by atoms with van der Waals surface area (Å²) in [5, 5.41) is 30.5. The molecule has 0 saturated carbocycles. The highest BCUT2D eigenvalue weighted by atomic mass is 16.7. The molecule has 26 heavy (non-hydrogen) atoms. The Labute approximate surface area is 152 Å². The van der Waals surface area contributed by atoms with Crippen molar-refractivity contribution in [3.05, 3.63) is 71.8 Å². The van der Waals surface area contributed by atoms with E-state index < -0.39 is 30.7 Å². The predicted octanol–water partition coefficient (Wildman–Crippen LogP) is 1.23. The maximum atomic E-state index is 10.5. The summed E-state index contributed by atoms with van der Waals surface area (Å²) in [7, 11) is 0.